The Hall–Kier alpha value is -3.23. The Balaban J connectivity index is 1.18. The predicted molar refractivity (Wildman–Crippen MR) is 135 cm³/mol. The van der Waals surface area contributed by atoms with Crippen molar-refractivity contribution in [1.82, 2.24) is 9.88 Å². The van der Waals surface area contributed by atoms with Crippen molar-refractivity contribution in [2.75, 3.05) is 19.8 Å². The van der Waals surface area contributed by atoms with Gasteiger partial charge in [-0.3, -0.25) is 4.98 Å². The Morgan fingerprint density at radius 1 is 1.06 bits per heavy atom. The molecule has 1 saturated heterocycles. The first-order valence-corrected chi connectivity index (χ1v) is 12.8. The average molecular weight is 549 g/mol. The first kappa shape index (κ1) is 23.2. The molecule has 2 fully saturated rings. The summed E-state index contributed by atoms with van der Waals surface area (Å²) in [6, 6.07) is 20.2. The van der Waals surface area contributed by atoms with Crippen LogP contribution < -0.4 is 0 Å². The third kappa shape index (κ3) is 3.79. The summed E-state index contributed by atoms with van der Waals surface area (Å²) < 4.78 is 12.7. The van der Waals surface area contributed by atoms with E-state index in [9.17, 15) is 14.7 Å². The Morgan fingerprint density at radius 2 is 1.75 bits per heavy atom. The van der Waals surface area contributed by atoms with Gasteiger partial charge >= 0.3 is 12.1 Å². The van der Waals surface area contributed by atoms with Gasteiger partial charge in [-0.05, 0) is 56.7 Å². The van der Waals surface area contributed by atoms with Crippen molar-refractivity contribution in [3.8, 4) is 11.1 Å². The average Bonchev–Trinajstić information content (AvgIpc) is 3.57. The van der Waals surface area contributed by atoms with Crippen molar-refractivity contribution in [2.45, 2.75) is 30.4 Å². The second kappa shape index (κ2) is 9.01. The SMILES string of the molecule is O=C(O)COC1(c2ccc(Br)cn2)CC2CC1CN2C(=O)OCC1c2ccccc2-c2ccccc21. The number of ether oxygens (including phenoxy) is 2. The predicted octanol–water partition coefficient (Wildman–Crippen LogP) is 5.18. The van der Waals surface area contributed by atoms with Crippen LogP contribution in [0.25, 0.3) is 11.1 Å². The molecule has 2 aromatic carbocycles. The molecular weight excluding hydrogens is 524 g/mol. The molecule has 3 unspecified atom stereocenters. The van der Waals surface area contributed by atoms with Crippen molar-refractivity contribution in [2.24, 2.45) is 5.92 Å². The Morgan fingerprint density at radius 3 is 2.33 bits per heavy atom. The fourth-order valence-corrected chi connectivity index (χ4v) is 6.48. The molecule has 2 heterocycles. The lowest BCUT2D eigenvalue weighted by Crippen LogP contribution is -2.49. The van der Waals surface area contributed by atoms with Gasteiger partial charge in [-0.2, -0.15) is 0 Å². The van der Waals surface area contributed by atoms with Gasteiger partial charge in [0.2, 0.25) is 0 Å². The standard InChI is InChI=1S/C28H25BrN2O5/c29-18-9-10-25(30-13-18)28(36-16-26(32)33)12-19-11-17(28)14-31(19)27(34)35-15-24-22-7-3-1-5-20(22)21-6-2-4-8-23(21)24/h1-10,13,17,19,24H,11-12,14-16H2,(H,32,33). The zero-order valence-electron chi connectivity index (χ0n) is 19.5. The van der Waals surface area contributed by atoms with Gasteiger partial charge in [0.25, 0.3) is 0 Å². The van der Waals surface area contributed by atoms with E-state index in [1.165, 1.54) is 22.3 Å². The van der Waals surface area contributed by atoms with Gasteiger partial charge < -0.3 is 19.5 Å². The molecule has 3 atom stereocenters. The molecule has 184 valence electrons. The quantitative estimate of drug-likeness (QED) is 0.456. The van der Waals surface area contributed by atoms with E-state index in [0.29, 0.717) is 18.7 Å². The highest BCUT2D eigenvalue weighted by Crippen LogP contribution is 2.53. The second-order valence-corrected chi connectivity index (χ2v) is 10.6. The zero-order chi connectivity index (χ0) is 24.9. The van der Waals surface area contributed by atoms with Crippen molar-refractivity contribution in [3.63, 3.8) is 0 Å². The maximum Gasteiger partial charge on any atom is 0.410 e. The minimum atomic E-state index is -1.03. The van der Waals surface area contributed by atoms with Crippen molar-refractivity contribution >= 4 is 28.0 Å². The molecule has 1 aromatic heterocycles. The van der Waals surface area contributed by atoms with Crippen molar-refractivity contribution in [3.05, 3.63) is 88.2 Å². The summed E-state index contributed by atoms with van der Waals surface area (Å²) in [5, 5.41) is 9.27. The van der Waals surface area contributed by atoms with Crippen LogP contribution in [0.4, 0.5) is 4.79 Å². The number of benzene rings is 2. The number of rotatable bonds is 6. The molecule has 1 saturated carbocycles. The van der Waals surface area contributed by atoms with E-state index < -0.39 is 18.2 Å². The minimum Gasteiger partial charge on any atom is -0.480 e. The number of hydrogen-bond donors (Lipinski definition) is 1. The summed E-state index contributed by atoms with van der Waals surface area (Å²) in [7, 11) is 0. The zero-order valence-corrected chi connectivity index (χ0v) is 21.1. The normalized spacial score (nSPS) is 24.0. The van der Waals surface area contributed by atoms with Crippen LogP contribution >= 0.6 is 15.9 Å². The van der Waals surface area contributed by atoms with E-state index in [2.05, 4.69) is 45.2 Å². The lowest BCUT2D eigenvalue weighted by Gasteiger charge is -2.40. The third-order valence-electron chi connectivity index (χ3n) is 7.80. The van der Waals surface area contributed by atoms with Crippen LogP contribution in [-0.4, -0.2) is 52.9 Å². The highest BCUT2D eigenvalue weighted by Gasteiger charge is 2.58. The van der Waals surface area contributed by atoms with E-state index in [-0.39, 0.29) is 30.6 Å². The minimum absolute atomic E-state index is 0.00565. The van der Waals surface area contributed by atoms with Crippen LogP contribution in [0, 0.1) is 5.92 Å². The molecule has 6 rings (SSSR count). The molecular formula is C28H25BrN2O5. The molecule has 1 amide bonds. The number of carboxylic acids is 1. The number of halogens is 1. The van der Waals surface area contributed by atoms with Gasteiger partial charge in [0.1, 0.15) is 18.8 Å². The van der Waals surface area contributed by atoms with E-state index in [0.717, 1.165) is 10.9 Å². The highest BCUT2D eigenvalue weighted by atomic mass is 79.9. The van der Waals surface area contributed by atoms with Gasteiger partial charge in [0, 0.05) is 41.5 Å². The number of hydrogen-bond acceptors (Lipinski definition) is 5. The largest absolute Gasteiger partial charge is 0.480 e. The summed E-state index contributed by atoms with van der Waals surface area (Å²) >= 11 is 3.40. The summed E-state index contributed by atoms with van der Waals surface area (Å²) in [4.78, 5) is 30.8. The van der Waals surface area contributed by atoms with Gasteiger partial charge in [-0.25, -0.2) is 9.59 Å². The molecule has 2 aliphatic carbocycles. The summed E-state index contributed by atoms with van der Waals surface area (Å²) in [5.74, 6) is -1.08. The van der Waals surface area contributed by atoms with Crippen LogP contribution in [0.5, 0.6) is 0 Å². The van der Waals surface area contributed by atoms with Crippen LogP contribution in [0.3, 0.4) is 0 Å². The number of carbonyl (C=O) groups excluding carboxylic acids is 1. The maximum absolute atomic E-state index is 13.2. The number of amides is 1. The molecule has 1 aliphatic heterocycles. The number of piperidine rings is 1. The van der Waals surface area contributed by atoms with E-state index in [1.54, 1.807) is 11.1 Å². The van der Waals surface area contributed by atoms with Crippen molar-refractivity contribution < 1.29 is 24.2 Å². The molecule has 3 aromatic rings. The second-order valence-electron chi connectivity index (χ2n) is 9.68. The number of fused-ring (bicyclic) bond motifs is 5. The smallest absolute Gasteiger partial charge is 0.410 e. The van der Waals surface area contributed by atoms with E-state index in [1.807, 2.05) is 36.4 Å². The number of aliphatic carboxylic acids is 1. The third-order valence-corrected chi connectivity index (χ3v) is 8.27. The topological polar surface area (TPSA) is 89.0 Å². The van der Waals surface area contributed by atoms with Gasteiger partial charge in [0.05, 0.1) is 5.69 Å². The fourth-order valence-electron chi connectivity index (χ4n) is 6.25. The van der Waals surface area contributed by atoms with Gasteiger partial charge in [-0.1, -0.05) is 48.5 Å². The fraction of sp³-hybridized carbons (Fsp3) is 0.321. The van der Waals surface area contributed by atoms with Crippen LogP contribution in [0.1, 0.15) is 35.6 Å². The van der Waals surface area contributed by atoms with Gasteiger partial charge in [0.15, 0.2) is 0 Å². The summed E-state index contributed by atoms with van der Waals surface area (Å²) in [5.41, 5.74) is 4.61. The summed E-state index contributed by atoms with van der Waals surface area (Å²) in [6.07, 6.45) is 2.57. The van der Waals surface area contributed by atoms with Crippen molar-refractivity contribution in [1.29, 1.82) is 0 Å². The lowest BCUT2D eigenvalue weighted by molar-refractivity contribution is -0.157. The number of nitrogens with zero attached hydrogens (tertiary/aromatic N) is 2. The van der Waals surface area contributed by atoms with Crippen LogP contribution in [0.15, 0.2) is 71.3 Å². The number of likely N-dealkylation sites (tertiary alicyclic amines) is 1. The Kier molecular flexibility index (Phi) is 5.80. The molecule has 7 nitrogen and oxygen atoms in total. The number of carbonyl (C=O) groups is 2. The molecule has 3 aliphatic rings. The number of aromatic nitrogens is 1. The molecule has 1 N–H and O–H groups in total. The first-order valence-electron chi connectivity index (χ1n) is 12.1. The van der Waals surface area contributed by atoms with E-state index in [4.69, 9.17) is 9.47 Å². The molecule has 0 spiro atoms. The van der Waals surface area contributed by atoms with Crippen LogP contribution in [-0.2, 0) is 19.9 Å². The van der Waals surface area contributed by atoms with Gasteiger partial charge in [-0.15, -0.1) is 0 Å². The maximum atomic E-state index is 13.2. The molecule has 0 radical (unpaired) electrons. The Bertz CT molecular complexity index is 1280. The van der Waals surface area contributed by atoms with Crippen LogP contribution in [0.2, 0.25) is 0 Å². The van der Waals surface area contributed by atoms with E-state index >= 15 is 0 Å². The monoisotopic (exact) mass is 548 g/mol. The molecule has 2 bridgehead atoms. The molecule has 36 heavy (non-hydrogen) atoms. The summed E-state index contributed by atoms with van der Waals surface area (Å²) in [6.45, 7) is 0.306. The Labute approximate surface area is 217 Å². The highest BCUT2D eigenvalue weighted by molar-refractivity contribution is 9.10. The first-order chi connectivity index (χ1) is 17.5. The number of carboxylic acid groups (broad SMARTS) is 1. The number of pyridine rings is 1. The lowest BCUT2D eigenvalue weighted by atomic mass is 9.85. The molecule has 8 heteroatoms.